The molecule has 1 N–H and O–H groups in total. The minimum absolute atomic E-state index is 0.0448. The number of nitrogens with zero attached hydrogens (tertiary/aromatic N) is 3. The molecule has 1 saturated carbocycles. The van der Waals surface area contributed by atoms with Gasteiger partial charge in [-0.3, -0.25) is 14.2 Å². The fraction of sp³-hybridized carbons (Fsp3) is 0.400. The first kappa shape index (κ1) is 22.7. The highest BCUT2D eigenvalue weighted by atomic mass is 35.5. The summed E-state index contributed by atoms with van der Waals surface area (Å²) in [4.78, 5) is 29.1. The molecule has 0 spiro atoms. The molecule has 1 heterocycles. The zero-order valence-electron chi connectivity index (χ0n) is 16.1. The molecule has 11 heteroatoms. The lowest BCUT2D eigenvalue weighted by Gasteiger charge is -2.16. The summed E-state index contributed by atoms with van der Waals surface area (Å²) < 4.78 is 52.9. The van der Waals surface area contributed by atoms with Gasteiger partial charge >= 0.3 is 6.18 Å². The Morgan fingerprint density at radius 3 is 2.61 bits per heavy atom. The SMILES string of the molecule is N#CC1(NC(=O)Cn2c(CCCC(F)(F)F)nc(-c3ccc(Cl)cc3F)cc2=O)CC1. The predicted octanol–water partition coefficient (Wildman–Crippen LogP) is 3.76. The van der Waals surface area contributed by atoms with Crippen molar-refractivity contribution in [2.24, 2.45) is 0 Å². The molecule has 0 saturated heterocycles. The van der Waals surface area contributed by atoms with Crippen molar-refractivity contribution in [2.75, 3.05) is 0 Å². The van der Waals surface area contributed by atoms with Gasteiger partial charge in [-0.1, -0.05) is 11.6 Å². The van der Waals surface area contributed by atoms with E-state index in [0.29, 0.717) is 12.8 Å². The van der Waals surface area contributed by atoms with Gasteiger partial charge in [0.15, 0.2) is 0 Å². The van der Waals surface area contributed by atoms with E-state index < -0.39 is 42.0 Å². The summed E-state index contributed by atoms with van der Waals surface area (Å²) in [5.41, 5.74) is -1.81. The normalized spacial score (nSPS) is 14.7. The van der Waals surface area contributed by atoms with Crippen LogP contribution in [0.3, 0.4) is 0 Å². The van der Waals surface area contributed by atoms with E-state index in [-0.39, 0.29) is 34.9 Å². The van der Waals surface area contributed by atoms with Crippen molar-refractivity contribution in [2.45, 2.75) is 50.4 Å². The Labute approximate surface area is 179 Å². The molecule has 0 atom stereocenters. The maximum atomic E-state index is 14.3. The average Bonchev–Trinajstić information content (AvgIpc) is 3.43. The maximum absolute atomic E-state index is 14.3. The number of hydrogen-bond donors (Lipinski definition) is 1. The van der Waals surface area contributed by atoms with Crippen LogP contribution in [-0.2, 0) is 17.8 Å². The number of benzene rings is 1. The summed E-state index contributed by atoms with van der Waals surface area (Å²) in [5, 5.41) is 11.7. The standard InChI is InChI=1S/C20H17ClF4N4O2/c21-12-3-4-13(14(22)8-12)15-9-18(31)29(10-17(30)28-19(11-26)6-7-19)16(27-15)2-1-5-20(23,24)25/h3-4,8-9H,1-2,5-7,10H2,(H,28,30). The third kappa shape index (κ3) is 5.82. The number of carbonyl (C=O) groups is 1. The Kier molecular flexibility index (Phi) is 6.36. The predicted molar refractivity (Wildman–Crippen MR) is 104 cm³/mol. The zero-order chi connectivity index (χ0) is 22.8. The second kappa shape index (κ2) is 8.67. The molecule has 1 amide bonds. The van der Waals surface area contributed by atoms with Crippen molar-refractivity contribution < 1.29 is 22.4 Å². The lowest BCUT2D eigenvalue weighted by molar-refractivity contribution is -0.135. The highest BCUT2D eigenvalue weighted by molar-refractivity contribution is 6.30. The number of rotatable bonds is 7. The monoisotopic (exact) mass is 456 g/mol. The van der Waals surface area contributed by atoms with Crippen molar-refractivity contribution in [3.05, 3.63) is 51.3 Å². The molecule has 0 aliphatic heterocycles. The molecule has 1 fully saturated rings. The van der Waals surface area contributed by atoms with Crippen molar-refractivity contribution >= 4 is 17.5 Å². The van der Waals surface area contributed by atoms with Crippen LogP contribution in [0.1, 0.15) is 31.5 Å². The molecule has 0 bridgehead atoms. The van der Waals surface area contributed by atoms with Crippen LogP contribution in [0.25, 0.3) is 11.3 Å². The summed E-state index contributed by atoms with van der Waals surface area (Å²) in [6.45, 7) is -0.514. The van der Waals surface area contributed by atoms with Gasteiger partial charge in [0.1, 0.15) is 23.7 Å². The quantitative estimate of drug-likeness (QED) is 0.643. The van der Waals surface area contributed by atoms with Gasteiger partial charge in [0.25, 0.3) is 5.56 Å². The summed E-state index contributed by atoms with van der Waals surface area (Å²) >= 11 is 5.73. The Balaban J connectivity index is 1.93. The van der Waals surface area contributed by atoms with Crippen LogP contribution in [0.5, 0.6) is 0 Å². The van der Waals surface area contributed by atoms with Crippen LogP contribution in [0.15, 0.2) is 29.1 Å². The Morgan fingerprint density at radius 2 is 2.03 bits per heavy atom. The van der Waals surface area contributed by atoms with Crippen LogP contribution >= 0.6 is 11.6 Å². The van der Waals surface area contributed by atoms with Gasteiger partial charge in [-0.05, 0) is 37.5 Å². The van der Waals surface area contributed by atoms with E-state index in [1.807, 2.05) is 6.07 Å². The number of carbonyl (C=O) groups excluding carboxylic acids is 1. The minimum Gasteiger partial charge on any atom is -0.336 e. The molecule has 1 aromatic carbocycles. The summed E-state index contributed by atoms with van der Waals surface area (Å²) in [7, 11) is 0. The van der Waals surface area contributed by atoms with Gasteiger partial charge in [0.2, 0.25) is 5.91 Å². The second-order valence-corrected chi connectivity index (χ2v) is 7.75. The third-order valence-corrected chi connectivity index (χ3v) is 5.03. The topological polar surface area (TPSA) is 87.8 Å². The van der Waals surface area contributed by atoms with Gasteiger partial charge in [-0.2, -0.15) is 18.4 Å². The smallest absolute Gasteiger partial charge is 0.336 e. The number of nitrogens with one attached hydrogen (secondary N) is 1. The average molecular weight is 457 g/mol. The molecule has 0 unspecified atom stereocenters. The van der Waals surface area contributed by atoms with E-state index >= 15 is 0 Å². The van der Waals surface area contributed by atoms with Gasteiger partial charge in [-0.25, -0.2) is 9.37 Å². The largest absolute Gasteiger partial charge is 0.389 e. The highest BCUT2D eigenvalue weighted by Crippen LogP contribution is 2.34. The molecule has 31 heavy (non-hydrogen) atoms. The van der Waals surface area contributed by atoms with Crippen LogP contribution in [0.4, 0.5) is 17.6 Å². The number of nitriles is 1. The fourth-order valence-electron chi connectivity index (χ4n) is 3.04. The first-order chi connectivity index (χ1) is 14.5. The molecule has 6 nitrogen and oxygen atoms in total. The van der Waals surface area contributed by atoms with Gasteiger partial charge in [0.05, 0.1) is 11.8 Å². The van der Waals surface area contributed by atoms with Crippen molar-refractivity contribution in [1.29, 1.82) is 5.26 Å². The molecule has 3 rings (SSSR count). The number of alkyl halides is 3. The first-order valence-corrected chi connectivity index (χ1v) is 9.75. The summed E-state index contributed by atoms with van der Waals surface area (Å²) in [5.74, 6) is -1.47. The van der Waals surface area contributed by atoms with Crippen molar-refractivity contribution in [3.63, 3.8) is 0 Å². The highest BCUT2D eigenvalue weighted by Gasteiger charge is 2.44. The van der Waals surface area contributed by atoms with Crippen LogP contribution in [0.2, 0.25) is 5.02 Å². The lowest BCUT2D eigenvalue weighted by Crippen LogP contribution is -2.40. The van der Waals surface area contributed by atoms with Crippen LogP contribution < -0.4 is 10.9 Å². The molecular weight excluding hydrogens is 440 g/mol. The Bertz CT molecular complexity index is 1100. The van der Waals surface area contributed by atoms with Gasteiger partial charge < -0.3 is 5.32 Å². The molecule has 1 aliphatic rings. The van der Waals surface area contributed by atoms with Gasteiger partial charge in [0, 0.05) is 29.5 Å². The second-order valence-electron chi connectivity index (χ2n) is 7.32. The van der Waals surface area contributed by atoms with Crippen molar-refractivity contribution in [3.8, 4) is 17.3 Å². The van der Waals surface area contributed by atoms with Crippen LogP contribution in [-0.4, -0.2) is 27.2 Å². The summed E-state index contributed by atoms with van der Waals surface area (Å²) in [6.07, 6.45) is -5.16. The molecule has 0 radical (unpaired) electrons. The third-order valence-electron chi connectivity index (χ3n) is 4.80. The number of halogens is 5. The van der Waals surface area contributed by atoms with E-state index in [2.05, 4.69) is 10.3 Å². The van der Waals surface area contributed by atoms with E-state index in [1.165, 1.54) is 12.1 Å². The Hall–Kier alpha value is -2.93. The molecule has 164 valence electrons. The molecule has 2 aromatic rings. The van der Waals surface area contributed by atoms with Crippen molar-refractivity contribution in [1.82, 2.24) is 14.9 Å². The molecule has 1 aliphatic carbocycles. The van der Waals surface area contributed by atoms with E-state index in [1.54, 1.807) is 0 Å². The minimum atomic E-state index is -4.40. The number of aromatic nitrogens is 2. The van der Waals surface area contributed by atoms with E-state index in [4.69, 9.17) is 16.9 Å². The van der Waals surface area contributed by atoms with Crippen LogP contribution in [0, 0.1) is 17.1 Å². The zero-order valence-corrected chi connectivity index (χ0v) is 16.9. The number of hydrogen-bond acceptors (Lipinski definition) is 4. The summed E-state index contributed by atoms with van der Waals surface area (Å²) in [6, 6.07) is 6.70. The van der Waals surface area contributed by atoms with E-state index in [0.717, 1.165) is 16.7 Å². The molecule has 1 aromatic heterocycles. The van der Waals surface area contributed by atoms with Gasteiger partial charge in [-0.15, -0.1) is 0 Å². The Morgan fingerprint density at radius 1 is 1.32 bits per heavy atom. The molecular formula is C20H17ClF4N4O2. The fourth-order valence-corrected chi connectivity index (χ4v) is 3.19. The number of aryl methyl sites for hydroxylation is 1. The first-order valence-electron chi connectivity index (χ1n) is 9.37. The number of amides is 1. The maximum Gasteiger partial charge on any atom is 0.389 e. The lowest BCUT2D eigenvalue weighted by atomic mass is 10.1. The van der Waals surface area contributed by atoms with E-state index in [9.17, 15) is 27.2 Å².